The summed E-state index contributed by atoms with van der Waals surface area (Å²) in [6.07, 6.45) is 3.86. The highest BCUT2D eigenvalue weighted by Gasteiger charge is 1.95. The second kappa shape index (κ2) is 6.58. The molecule has 0 radical (unpaired) electrons. The third-order valence-corrected chi connectivity index (χ3v) is 2.10. The molecular formula is C11H22N4. The van der Waals surface area contributed by atoms with Gasteiger partial charge in [0.1, 0.15) is 0 Å². The van der Waals surface area contributed by atoms with Crippen LogP contribution < -0.4 is 10.6 Å². The van der Waals surface area contributed by atoms with Crippen molar-refractivity contribution in [2.45, 2.75) is 20.4 Å². The molecular weight excluding hydrogens is 188 g/mol. The summed E-state index contributed by atoms with van der Waals surface area (Å²) >= 11 is 0. The summed E-state index contributed by atoms with van der Waals surface area (Å²) in [5.74, 6) is 0.723. The van der Waals surface area contributed by atoms with Crippen LogP contribution in [0.2, 0.25) is 0 Å². The van der Waals surface area contributed by atoms with Gasteiger partial charge in [0.2, 0.25) is 0 Å². The number of hydrogen-bond acceptors (Lipinski definition) is 3. The van der Waals surface area contributed by atoms with E-state index in [1.54, 1.807) is 0 Å². The molecule has 0 saturated carbocycles. The Balaban J connectivity index is 1.98. The summed E-state index contributed by atoms with van der Waals surface area (Å²) in [5, 5.41) is 6.74. The van der Waals surface area contributed by atoms with E-state index in [1.165, 1.54) is 0 Å². The second-order valence-electron chi connectivity index (χ2n) is 4.31. The van der Waals surface area contributed by atoms with Gasteiger partial charge in [-0.15, -0.1) is 0 Å². The van der Waals surface area contributed by atoms with Gasteiger partial charge in [-0.1, -0.05) is 13.8 Å². The summed E-state index contributed by atoms with van der Waals surface area (Å²) in [4.78, 5) is 4.24. The van der Waals surface area contributed by atoms with Crippen LogP contribution in [-0.4, -0.2) is 29.2 Å². The minimum atomic E-state index is 0.723. The van der Waals surface area contributed by atoms with Crippen LogP contribution in [0.4, 0.5) is 0 Å². The highest BCUT2D eigenvalue weighted by atomic mass is 15.0. The van der Waals surface area contributed by atoms with Gasteiger partial charge < -0.3 is 15.2 Å². The van der Waals surface area contributed by atoms with Crippen LogP contribution in [0.25, 0.3) is 0 Å². The number of imidazole rings is 1. The van der Waals surface area contributed by atoms with Crippen molar-refractivity contribution in [2.24, 2.45) is 13.0 Å². The Bertz CT molecular complexity index is 267. The number of nitrogens with zero attached hydrogens (tertiary/aromatic N) is 2. The normalized spacial score (nSPS) is 11.2. The molecule has 86 valence electrons. The van der Waals surface area contributed by atoms with Gasteiger partial charge >= 0.3 is 0 Å². The van der Waals surface area contributed by atoms with Gasteiger partial charge in [0, 0.05) is 32.9 Å². The molecule has 0 spiro atoms. The van der Waals surface area contributed by atoms with E-state index in [0.29, 0.717) is 0 Å². The van der Waals surface area contributed by atoms with Crippen LogP contribution in [-0.2, 0) is 13.6 Å². The Morgan fingerprint density at radius 1 is 1.33 bits per heavy atom. The molecule has 0 aromatic carbocycles. The maximum atomic E-state index is 4.24. The van der Waals surface area contributed by atoms with Crippen molar-refractivity contribution in [2.75, 3.05) is 19.6 Å². The maximum absolute atomic E-state index is 4.24. The molecule has 0 saturated heterocycles. The van der Waals surface area contributed by atoms with E-state index in [0.717, 1.165) is 37.8 Å². The maximum Gasteiger partial charge on any atom is 0.0947 e. The van der Waals surface area contributed by atoms with Crippen LogP contribution >= 0.6 is 0 Å². The zero-order valence-electron chi connectivity index (χ0n) is 9.95. The summed E-state index contributed by atoms with van der Waals surface area (Å²) in [5.41, 5.74) is 1.10. The zero-order chi connectivity index (χ0) is 11.1. The Kier molecular flexibility index (Phi) is 5.36. The van der Waals surface area contributed by atoms with Crippen molar-refractivity contribution in [1.29, 1.82) is 0 Å². The number of aryl methyl sites for hydroxylation is 1. The molecule has 15 heavy (non-hydrogen) atoms. The van der Waals surface area contributed by atoms with E-state index < -0.39 is 0 Å². The predicted molar refractivity (Wildman–Crippen MR) is 62.6 cm³/mol. The van der Waals surface area contributed by atoms with E-state index in [1.807, 2.05) is 24.1 Å². The Labute approximate surface area is 92.1 Å². The number of nitrogens with one attached hydrogen (secondary N) is 2. The smallest absolute Gasteiger partial charge is 0.0947 e. The molecule has 0 aliphatic heterocycles. The highest BCUT2D eigenvalue weighted by Crippen LogP contribution is 1.92. The first kappa shape index (κ1) is 12.2. The fourth-order valence-corrected chi connectivity index (χ4v) is 1.34. The van der Waals surface area contributed by atoms with Crippen molar-refractivity contribution < 1.29 is 0 Å². The van der Waals surface area contributed by atoms with E-state index in [9.17, 15) is 0 Å². The summed E-state index contributed by atoms with van der Waals surface area (Å²) in [7, 11) is 1.99. The molecule has 1 rings (SSSR count). The molecule has 0 aliphatic carbocycles. The van der Waals surface area contributed by atoms with Gasteiger partial charge in [-0.2, -0.15) is 0 Å². The van der Waals surface area contributed by atoms with Crippen molar-refractivity contribution in [3.63, 3.8) is 0 Å². The van der Waals surface area contributed by atoms with Gasteiger partial charge in [-0.25, -0.2) is 4.98 Å². The average molecular weight is 210 g/mol. The van der Waals surface area contributed by atoms with Crippen LogP contribution in [0.1, 0.15) is 19.5 Å². The molecule has 0 atom stereocenters. The SMILES string of the molecule is CC(C)CNCCNCc1cn(C)cn1. The first-order chi connectivity index (χ1) is 7.18. The molecule has 0 amide bonds. The standard InChI is InChI=1S/C11H22N4/c1-10(2)6-12-4-5-13-7-11-8-15(3)9-14-11/h8-10,12-13H,4-7H2,1-3H3. The van der Waals surface area contributed by atoms with Gasteiger partial charge in [0.25, 0.3) is 0 Å². The summed E-state index contributed by atoms with van der Waals surface area (Å²) < 4.78 is 1.97. The largest absolute Gasteiger partial charge is 0.340 e. The molecule has 4 heteroatoms. The molecule has 1 aromatic heterocycles. The zero-order valence-corrected chi connectivity index (χ0v) is 9.95. The third kappa shape index (κ3) is 5.54. The lowest BCUT2D eigenvalue weighted by atomic mass is 10.2. The van der Waals surface area contributed by atoms with E-state index in [2.05, 4.69) is 29.5 Å². The number of rotatable bonds is 7. The van der Waals surface area contributed by atoms with E-state index in [4.69, 9.17) is 0 Å². The summed E-state index contributed by atoms with van der Waals surface area (Å²) in [6, 6.07) is 0. The molecule has 0 unspecified atom stereocenters. The average Bonchev–Trinajstić information content (AvgIpc) is 2.57. The molecule has 0 fully saturated rings. The fourth-order valence-electron chi connectivity index (χ4n) is 1.34. The number of hydrogen-bond donors (Lipinski definition) is 2. The van der Waals surface area contributed by atoms with Gasteiger partial charge in [0.05, 0.1) is 12.0 Å². The minimum absolute atomic E-state index is 0.723. The van der Waals surface area contributed by atoms with Crippen molar-refractivity contribution >= 4 is 0 Å². The Hall–Kier alpha value is -0.870. The molecule has 0 aliphatic rings. The third-order valence-electron chi connectivity index (χ3n) is 2.10. The topological polar surface area (TPSA) is 41.9 Å². The lowest BCUT2D eigenvalue weighted by Crippen LogP contribution is -2.29. The molecule has 0 bridgehead atoms. The number of aromatic nitrogens is 2. The van der Waals surface area contributed by atoms with Crippen molar-refractivity contribution in [3.05, 3.63) is 18.2 Å². The van der Waals surface area contributed by atoms with Crippen LogP contribution in [0.3, 0.4) is 0 Å². The first-order valence-corrected chi connectivity index (χ1v) is 5.56. The van der Waals surface area contributed by atoms with Crippen LogP contribution in [0.15, 0.2) is 12.5 Å². The summed E-state index contributed by atoms with van der Waals surface area (Å²) in [6.45, 7) is 8.38. The van der Waals surface area contributed by atoms with Gasteiger partial charge in [-0.05, 0) is 12.5 Å². The lowest BCUT2D eigenvalue weighted by Gasteiger charge is -2.07. The fraction of sp³-hybridized carbons (Fsp3) is 0.727. The molecule has 1 aromatic rings. The Morgan fingerprint density at radius 3 is 2.67 bits per heavy atom. The minimum Gasteiger partial charge on any atom is -0.340 e. The molecule has 1 heterocycles. The Morgan fingerprint density at radius 2 is 2.07 bits per heavy atom. The van der Waals surface area contributed by atoms with Crippen LogP contribution in [0.5, 0.6) is 0 Å². The first-order valence-electron chi connectivity index (χ1n) is 5.56. The van der Waals surface area contributed by atoms with Gasteiger partial charge in [-0.3, -0.25) is 0 Å². The lowest BCUT2D eigenvalue weighted by molar-refractivity contribution is 0.534. The molecule has 4 nitrogen and oxygen atoms in total. The van der Waals surface area contributed by atoms with Crippen molar-refractivity contribution in [3.8, 4) is 0 Å². The van der Waals surface area contributed by atoms with Crippen LogP contribution in [0, 0.1) is 5.92 Å². The highest BCUT2D eigenvalue weighted by molar-refractivity contribution is 4.95. The predicted octanol–water partition coefficient (Wildman–Crippen LogP) is 0.755. The second-order valence-corrected chi connectivity index (χ2v) is 4.31. The van der Waals surface area contributed by atoms with Gasteiger partial charge in [0.15, 0.2) is 0 Å². The van der Waals surface area contributed by atoms with Crippen molar-refractivity contribution in [1.82, 2.24) is 20.2 Å². The van der Waals surface area contributed by atoms with E-state index in [-0.39, 0.29) is 0 Å². The quantitative estimate of drug-likeness (QED) is 0.653. The molecule has 2 N–H and O–H groups in total. The van der Waals surface area contributed by atoms with E-state index >= 15 is 0 Å². The monoisotopic (exact) mass is 210 g/mol.